The molecule has 4 aromatic rings. The first kappa shape index (κ1) is 15.4. The highest BCUT2D eigenvalue weighted by molar-refractivity contribution is 7.17. The van der Waals surface area contributed by atoms with Gasteiger partial charge in [0.1, 0.15) is 11.0 Å². The van der Waals surface area contributed by atoms with Gasteiger partial charge in [-0.05, 0) is 42.0 Å². The Morgan fingerprint density at radius 3 is 2.54 bits per heavy atom. The third-order valence-electron chi connectivity index (χ3n) is 3.72. The molecule has 0 unspecified atom stereocenters. The minimum atomic E-state index is -0.0967. The maximum Gasteiger partial charge on any atom is 0.275 e. The number of thiophene rings is 1. The number of hydrogen-bond acceptors (Lipinski definition) is 3. The van der Waals surface area contributed by atoms with Crippen LogP contribution < -0.4 is 5.56 Å². The third kappa shape index (κ3) is 2.63. The molecule has 0 aliphatic rings. The molecule has 4 rings (SSSR count). The van der Waals surface area contributed by atoms with Gasteiger partial charge in [0.05, 0.1) is 11.2 Å². The van der Waals surface area contributed by atoms with Gasteiger partial charge in [-0.15, -0.1) is 11.3 Å². The maximum absolute atomic E-state index is 12.8. The highest BCUT2D eigenvalue weighted by atomic mass is 35.5. The number of rotatable bonds is 2. The largest absolute Gasteiger partial charge is 0.275 e. The van der Waals surface area contributed by atoms with E-state index in [9.17, 15) is 4.79 Å². The van der Waals surface area contributed by atoms with E-state index in [2.05, 4.69) is 4.98 Å². The van der Waals surface area contributed by atoms with Crippen molar-refractivity contribution in [3.63, 3.8) is 0 Å². The fourth-order valence-electron chi connectivity index (χ4n) is 2.56. The Hall–Kier alpha value is -2.14. The van der Waals surface area contributed by atoms with Crippen molar-refractivity contribution in [1.29, 1.82) is 0 Å². The van der Waals surface area contributed by atoms with Crippen molar-refractivity contribution in [3.8, 4) is 16.8 Å². The van der Waals surface area contributed by atoms with Crippen LogP contribution in [0.5, 0.6) is 0 Å². The summed E-state index contributed by atoms with van der Waals surface area (Å²) in [4.78, 5) is 17.3. The zero-order chi connectivity index (χ0) is 16.7. The molecule has 0 saturated carbocycles. The van der Waals surface area contributed by atoms with Crippen molar-refractivity contribution >= 4 is 44.8 Å². The van der Waals surface area contributed by atoms with E-state index in [0.29, 0.717) is 20.3 Å². The number of aromatic nitrogens is 2. The van der Waals surface area contributed by atoms with Crippen molar-refractivity contribution in [2.24, 2.45) is 0 Å². The van der Waals surface area contributed by atoms with E-state index in [1.54, 1.807) is 30.6 Å². The van der Waals surface area contributed by atoms with Crippen molar-refractivity contribution in [1.82, 2.24) is 9.55 Å². The predicted molar refractivity (Wildman–Crippen MR) is 101 cm³/mol. The van der Waals surface area contributed by atoms with E-state index < -0.39 is 0 Å². The molecule has 0 atom stereocenters. The van der Waals surface area contributed by atoms with Crippen LogP contribution in [0.1, 0.15) is 0 Å². The smallest absolute Gasteiger partial charge is 0.267 e. The summed E-state index contributed by atoms with van der Waals surface area (Å²) in [5.74, 6) is 0. The Kier molecular flexibility index (Phi) is 3.88. The van der Waals surface area contributed by atoms with Crippen LogP contribution in [0, 0.1) is 0 Å². The molecule has 0 radical (unpaired) electrons. The van der Waals surface area contributed by atoms with Crippen LogP contribution in [0.4, 0.5) is 0 Å². The molecule has 6 heteroatoms. The number of halogens is 2. The Morgan fingerprint density at radius 1 is 1.00 bits per heavy atom. The second-order valence-electron chi connectivity index (χ2n) is 5.23. The van der Waals surface area contributed by atoms with Crippen LogP contribution in [-0.2, 0) is 0 Å². The topological polar surface area (TPSA) is 34.9 Å². The number of nitrogens with zero attached hydrogens (tertiary/aromatic N) is 2. The highest BCUT2D eigenvalue weighted by Gasteiger charge is 2.13. The molecule has 2 aromatic heterocycles. The van der Waals surface area contributed by atoms with E-state index in [-0.39, 0.29) is 5.56 Å². The summed E-state index contributed by atoms with van der Waals surface area (Å²) in [6, 6.07) is 14.6. The van der Waals surface area contributed by atoms with Gasteiger partial charge >= 0.3 is 0 Å². The lowest BCUT2D eigenvalue weighted by Gasteiger charge is -2.06. The molecule has 2 heterocycles. The molecule has 24 heavy (non-hydrogen) atoms. The molecule has 0 bridgehead atoms. The Bertz CT molecular complexity index is 1100. The van der Waals surface area contributed by atoms with Gasteiger partial charge in [0.15, 0.2) is 0 Å². The van der Waals surface area contributed by atoms with Crippen LogP contribution in [0.2, 0.25) is 10.0 Å². The van der Waals surface area contributed by atoms with E-state index in [0.717, 1.165) is 16.8 Å². The normalized spacial score (nSPS) is 11.1. The van der Waals surface area contributed by atoms with Crippen molar-refractivity contribution in [2.45, 2.75) is 0 Å². The highest BCUT2D eigenvalue weighted by Crippen LogP contribution is 2.32. The summed E-state index contributed by atoms with van der Waals surface area (Å²) < 4.78 is 2.14. The van der Waals surface area contributed by atoms with Crippen LogP contribution in [0.3, 0.4) is 0 Å². The van der Waals surface area contributed by atoms with Crippen molar-refractivity contribution < 1.29 is 0 Å². The van der Waals surface area contributed by atoms with Crippen LogP contribution in [0.15, 0.2) is 65.0 Å². The molecular weight excluding hydrogens is 363 g/mol. The summed E-state index contributed by atoms with van der Waals surface area (Å²) in [5, 5.41) is 3.22. The summed E-state index contributed by atoms with van der Waals surface area (Å²) in [5.41, 5.74) is 3.19. The second kappa shape index (κ2) is 6.06. The maximum atomic E-state index is 12.8. The van der Waals surface area contributed by atoms with Gasteiger partial charge in [-0.3, -0.25) is 9.36 Å². The fraction of sp³-hybridized carbons (Fsp3) is 0. The van der Waals surface area contributed by atoms with E-state index in [1.165, 1.54) is 15.9 Å². The van der Waals surface area contributed by atoms with Gasteiger partial charge < -0.3 is 0 Å². The number of benzene rings is 2. The van der Waals surface area contributed by atoms with Gasteiger partial charge in [0, 0.05) is 21.0 Å². The molecule has 0 saturated heterocycles. The van der Waals surface area contributed by atoms with Gasteiger partial charge in [-0.2, -0.15) is 0 Å². The van der Waals surface area contributed by atoms with E-state index >= 15 is 0 Å². The average molecular weight is 373 g/mol. The Balaban J connectivity index is 1.90. The zero-order valence-electron chi connectivity index (χ0n) is 12.2. The Morgan fingerprint density at radius 2 is 1.79 bits per heavy atom. The summed E-state index contributed by atoms with van der Waals surface area (Å²) in [6.45, 7) is 0. The lowest BCUT2D eigenvalue weighted by molar-refractivity contribution is 0.967. The van der Waals surface area contributed by atoms with E-state index in [1.807, 2.05) is 29.6 Å². The van der Waals surface area contributed by atoms with Gasteiger partial charge in [0.25, 0.3) is 5.56 Å². The predicted octanol–water partition coefficient (Wildman–Crippen LogP) is 5.42. The second-order valence-corrected chi connectivity index (χ2v) is 6.99. The van der Waals surface area contributed by atoms with Gasteiger partial charge in [-0.25, -0.2) is 4.98 Å². The SMILES string of the molecule is O=c1c2scc(-c3cccc(Cl)c3)c2ncn1-c1ccc(Cl)cc1. The van der Waals surface area contributed by atoms with Gasteiger partial charge in [-0.1, -0.05) is 35.3 Å². The van der Waals surface area contributed by atoms with Crippen LogP contribution in [-0.4, -0.2) is 9.55 Å². The standard InChI is InChI=1S/C18H10Cl2N2OS/c19-12-4-6-14(7-5-12)22-10-21-16-15(9-24-17(16)18(22)23)11-2-1-3-13(20)8-11/h1-10H. The van der Waals surface area contributed by atoms with Gasteiger partial charge in [0.2, 0.25) is 0 Å². The summed E-state index contributed by atoms with van der Waals surface area (Å²) >= 11 is 13.4. The lowest BCUT2D eigenvalue weighted by Crippen LogP contribution is -2.17. The first-order valence-electron chi connectivity index (χ1n) is 7.14. The zero-order valence-corrected chi connectivity index (χ0v) is 14.6. The molecule has 0 fully saturated rings. The average Bonchev–Trinajstić information content (AvgIpc) is 3.01. The first-order chi connectivity index (χ1) is 11.6. The molecule has 0 N–H and O–H groups in total. The Labute approximate surface area is 151 Å². The third-order valence-corrected chi connectivity index (χ3v) is 5.16. The van der Waals surface area contributed by atoms with E-state index in [4.69, 9.17) is 23.2 Å². The molecule has 0 aliphatic carbocycles. The quantitative estimate of drug-likeness (QED) is 0.470. The number of hydrogen-bond donors (Lipinski definition) is 0. The monoisotopic (exact) mass is 372 g/mol. The molecular formula is C18H10Cl2N2OS. The summed E-state index contributed by atoms with van der Waals surface area (Å²) in [6.07, 6.45) is 1.55. The molecule has 0 amide bonds. The molecule has 2 aromatic carbocycles. The molecule has 118 valence electrons. The van der Waals surface area contributed by atoms with Crippen molar-refractivity contribution in [3.05, 3.63) is 80.6 Å². The van der Waals surface area contributed by atoms with Crippen molar-refractivity contribution in [2.75, 3.05) is 0 Å². The molecule has 3 nitrogen and oxygen atoms in total. The fourth-order valence-corrected chi connectivity index (χ4v) is 3.83. The molecule has 0 spiro atoms. The first-order valence-corrected chi connectivity index (χ1v) is 8.78. The summed E-state index contributed by atoms with van der Waals surface area (Å²) in [7, 11) is 0. The minimum absolute atomic E-state index is 0.0967. The van der Waals surface area contributed by atoms with Crippen LogP contribution in [0.25, 0.3) is 27.0 Å². The number of fused-ring (bicyclic) bond motifs is 1. The lowest BCUT2D eigenvalue weighted by atomic mass is 10.1. The molecule has 0 aliphatic heterocycles. The minimum Gasteiger partial charge on any atom is -0.267 e. The van der Waals surface area contributed by atoms with Crippen LogP contribution >= 0.6 is 34.5 Å².